The Hall–Kier alpha value is -1.05. The van der Waals surface area contributed by atoms with Crippen LogP contribution in [0.25, 0.3) is 0 Å². The van der Waals surface area contributed by atoms with Gasteiger partial charge in [-0.25, -0.2) is 21.9 Å². The van der Waals surface area contributed by atoms with Crippen molar-refractivity contribution >= 4 is 10.0 Å². The van der Waals surface area contributed by atoms with E-state index in [9.17, 15) is 22.3 Å². The minimum Gasteiger partial charge on any atom is -0.392 e. The van der Waals surface area contributed by atoms with E-state index >= 15 is 0 Å². The quantitative estimate of drug-likeness (QED) is 0.875. The maximum atomic E-state index is 13.0. The molecule has 114 valence electrons. The number of hydrogen-bond acceptors (Lipinski definition) is 3. The highest BCUT2D eigenvalue weighted by molar-refractivity contribution is 7.89. The molecule has 20 heavy (non-hydrogen) atoms. The fourth-order valence-electron chi connectivity index (χ4n) is 1.75. The van der Waals surface area contributed by atoms with Gasteiger partial charge >= 0.3 is 0 Å². The van der Waals surface area contributed by atoms with Gasteiger partial charge in [-0.3, -0.25) is 0 Å². The maximum absolute atomic E-state index is 13.0. The van der Waals surface area contributed by atoms with E-state index in [-0.39, 0.29) is 12.0 Å². The Labute approximate surface area is 117 Å². The first-order valence-corrected chi connectivity index (χ1v) is 7.62. The van der Waals surface area contributed by atoms with Gasteiger partial charge in [0, 0.05) is 12.6 Å². The summed E-state index contributed by atoms with van der Waals surface area (Å²) < 4.78 is 51.8. The van der Waals surface area contributed by atoms with Gasteiger partial charge < -0.3 is 5.11 Å². The standard InChI is InChI=1S/C13H19F2NO3S/c1-13(2,3)7-11(17)8-16-20(18,19)12-5-9(14)4-10(15)6-12/h4-6,11,16-17H,7-8H2,1-3H3. The summed E-state index contributed by atoms with van der Waals surface area (Å²) in [6.07, 6.45) is -0.476. The fourth-order valence-corrected chi connectivity index (χ4v) is 2.87. The average molecular weight is 307 g/mol. The number of nitrogens with one attached hydrogen (secondary N) is 1. The molecule has 0 saturated heterocycles. The molecule has 0 radical (unpaired) electrons. The summed E-state index contributed by atoms with van der Waals surface area (Å²) in [6.45, 7) is 5.52. The van der Waals surface area contributed by atoms with Crippen LogP contribution in [0.5, 0.6) is 0 Å². The van der Waals surface area contributed by atoms with Crippen molar-refractivity contribution in [1.82, 2.24) is 4.72 Å². The third-order valence-corrected chi connectivity index (χ3v) is 3.91. The van der Waals surface area contributed by atoms with E-state index in [1.54, 1.807) is 0 Å². The van der Waals surface area contributed by atoms with E-state index in [2.05, 4.69) is 4.72 Å². The van der Waals surface area contributed by atoms with Crippen LogP contribution in [0.2, 0.25) is 0 Å². The van der Waals surface area contributed by atoms with Gasteiger partial charge in [-0.05, 0) is 24.0 Å². The molecule has 0 amide bonds. The monoisotopic (exact) mass is 307 g/mol. The van der Waals surface area contributed by atoms with Gasteiger partial charge in [-0.1, -0.05) is 20.8 Å². The molecule has 4 nitrogen and oxygen atoms in total. The molecule has 0 aliphatic carbocycles. The highest BCUT2D eigenvalue weighted by Gasteiger charge is 2.21. The Morgan fingerprint density at radius 2 is 1.70 bits per heavy atom. The van der Waals surface area contributed by atoms with Crippen molar-refractivity contribution in [3.05, 3.63) is 29.8 Å². The van der Waals surface area contributed by atoms with Crippen LogP contribution in [0.1, 0.15) is 27.2 Å². The van der Waals surface area contributed by atoms with Gasteiger partial charge in [0.1, 0.15) is 11.6 Å². The van der Waals surface area contributed by atoms with E-state index in [1.165, 1.54) is 0 Å². The summed E-state index contributed by atoms with van der Waals surface area (Å²) >= 11 is 0. The van der Waals surface area contributed by atoms with E-state index in [1.807, 2.05) is 20.8 Å². The van der Waals surface area contributed by atoms with E-state index in [4.69, 9.17) is 0 Å². The zero-order valence-electron chi connectivity index (χ0n) is 11.7. The molecule has 1 aromatic rings. The minimum absolute atomic E-state index is 0.157. The van der Waals surface area contributed by atoms with Gasteiger partial charge in [0.25, 0.3) is 0 Å². The van der Waals surface area contributed by atoms with Gasteiger partial charge in [-0.15, -0.1) is 0 Å². The van der Waals surface area contributed by atoms with Crippen LogP contribution >= 0.6 is 0 Å². The second-order valence-corrected chi connectivity index (χ2v) is 7.64. The lowest BCUT2D eigenvalue weighted by Crippen LogP contribution is -2.34. The van der Waals surface area contributed by atoms with Crippen LogP contribution in [0.4, 0.5) is 8.78 Å². The molecule has 0 aliphatic heterocycles. The molecule has 1 aromatic carbocycles. The van der Waals surface area contributed by atoms with Crippen molar-refractivity contribution in [3.63, 3.8) is 0 Å². The molecule has 1 unspecified atom stereocenters. The SMILES string of the molecule is CC(C)(C)CC(O)CNS(=O)(=O)c1cc(F)cc(F)c1. The van der Waals surface area contributed by atoms with Gasteiger partial charge in [-0.2, -0.15) is 0 Å². The maximum Gasteiger partial charge on any atom is 0.240 e. The first-order chi connectivity index (χ1) is 8.99. The first-order valence-electron chi connectivity index (χ1n) is 6.13. The Kier molecular flexibility index (Phi) is 5.23. The average Bonchev–Trinajstić information content (AvgIpc) is 2.23. The van der Waals surface area contributed by atoms with Crippen molar-refractivity contribution in [2.24, 2.45) is 5.41 Å². The van der Waals surface area contributed by atoms with E-state index < -0.39 is 32.7 Å². The summed E-state index contributed by atoms with van der Waals surface area (Å²) in [6, 6.07) is 2.04. The van der Waals surface area contributed by atoms with E-state index in [0.717, 1.165) is 12.1 Å². The Morgan fingerprint density at radius 1 is 1.20 bits per heavy atom. The summed E-state index contributed by atoms with van der Waals surface area (Å²) in [5.74, 6) is -1.94. The molecule has 0 bridgehead atoms. The van der Waals surface area contributed by atoms with E-state index in [0.29, 0.717) is 12.5 Å². The van der Waals surface area contributed by atoms with Gasteiger partial charge in [0.15, 0.2) is 0 Å². The van der Waals surface area contributed by atoms with Crippen LogP contribution in [-0.2, 0) is 10.0 Å². The first kappa shape index (κ1) is 17.0. The van der Waals surface area contributed by atoms with Crippen LogP contribution in [-0.4, -0.2) is 26.2 Å². The molecule has 0 fully saturated rings. The molecule has 1 rings (SSSR count). The number of benzene rings is 1. The Balaban J connectivity index is 2.75. The normalized spacial score (nSPS) is 14.3. The van der Waals surface area contributed by atoms with Crippen molar-refractivity contribution in [3.8, 4) is 0 Å². The molecular formula is C13H19F2NO3S. The number of halogens is 2. The summed E-state index contributed by atoms with van der Waals surface area (Å²) in [5.41, 5.74) is -0.157. The Morgan fingerprint density at radius 3 is 2.15 bits per heavy atom. The lowest BCUT2D eigenvalue weighted by atomic mass is 9.89. The highest BCUT2D eigenvalue weighted by atomic mass is 32.2. The number of aliphatic hydroxyl groups is 1. The predicted molar refractivity (Wildman–Crippen MR) is 71.6 cm³/mol. The second kappa shape index (κ2) is 6.15. The number of hydrogen-bond donors (Lipinski definition) is 2. The van der Waals surface area contributed by atoms with Gasteiger partial charge in [0.05, 0.1) is 11.0 Å². The smallest absolute Gasteiger partial charge is 0.240 e. The summed E-state index contributed by atoms with van der Waals surface area (Å²) in [5, 5.41) is 9.73. The van der Waals surface area contributed by atoms with Crippen LogP contribution < -0.4 is 4.72 Å². The van der Waals surface area contributed by atoms with Crippen LogP contribution in [0, 0.1) is 17.0 Å². The lowest BCUT2D eigenvalue weighted by Gasteiger charge is -2.22. The van der Waals surface area contributed by atoms with Crippen molar-refractivity contribution in [2.45, 2.75) is 38.2 Å². The minimum atomic E-state index is -4.05. The zero-order valence-corrected chi connectivity index (χ0v) is 12.5. The molecule has 7 heteroatoms. The molecular weight excluding hydrogens is 288 g/mol. The highest BCUT2D eigenvalue weighted by Crippen LogP contribution is 2.20. The predicted octanol–water partition coefficient (Wildman–Crippen LogP) is 2.04. The number of rotatable bonds is 5. The van der Waals surface area contributed by atoms with Crippen LogP contribution in [0.3, 0.4) is 0 Å². The molecule has 0 heterocycles. The van der Waals surface area contributed by atoms with Crippen LogP contribution in [0.15, 0.2) is 23.1 Å². The third kappa shape index (κ3) is 5.52. The molecule has 2 N–H and O–H groups in total. The van der Waals surface area contributed by atoms with Crippen molar-refractivity contribution in [2.75, 3.05) is 6.54 Å². The summed E-state index contributed by atoms with van der Waals surface area (Å²) in [4.78, 5) is -0.502. The second-order valence-electron chi connectivity index (χ2n) is 5.88. The van der Waals surface area contributed by atoms with Gasteiger partial charge in [0.2, 0.25) is 10.0 Å². The van der Waals surface area contributed by atoms with Crippen molar-refractivity contribution in [1.29, 1.82) is 0 Å². The molecule has 0 spiro atoms. The van der Waals surface area contributed by atoms with Crippen molar-refractivity contribution < 1.29 is 22.3 Å². The molecule has 0 aliphatic rings. The molecule has 1 atom stereocenters. The molecule has 0 saturated carbocycles. The third-order valence-electron chi connectivity index (χ3n) is 2.50. The number of aliphatic hydroxyl groups excluding tert-OH is 1. The lowest BCUT2D eigenvalue weighted by molar-refractivity contribution is 0.125. The summed E-state index contributed by atoms with van der Waals surface area (Å²) in [7, 11) is -4.05. The largest absolute Gasteiger partial charge is 0.392 e. The molecule has 0 aromatic heterocycles. The Bertz CT molecular complexity index is 547. The zero-order chi connectivity index (χ0) is 15.6. The fraction of sp³-hybridized carbons (Fsp3) is 0.538. The number of sulfonamides is 1. The topological polar surface area (TPSA) is 66.4 Å².